The number of hydrogen-bond acceptors (Lipinski definition) is 7. The molecule has 7 nitrogen and oxygen atoms in total. The summed E-state index contributed by atoms with van der Waals surface area (Å²) in [5, 5.41) is 0. The first kappa shape index (κ1) is 23.1. The van der Waals surface area contributed by atoms with E-state index in [1.165, 1.54) is 0 Å². The standard InChI is InChI=1S/C12H22O3.C10H16O4/c1-3-11(5-13-6-11)9-15-10-12(4-2)7-14-8-12;1(3-11-5-9-7-13-9)2-4-12-6-10-8-14-10/h3-10H2,1-2H3;1-2,9-10H,3-8H2/b;2-1+. The van der Waals surface area contributed by atoms with Crippen LogP contribution < -0.4 is 0 Å². The summed E-state index contributed by atoms with van der Waals surface area (Å²) in [6.07, 6.45) is 6.95. The largest absolute Gasteiger partial charge is 0.380 e. The van der Waals surface area contributed by atoms with Crippen LogP contribution in [-0.4, -0.2) is 91.5 Å². The van der Waals surface area contributed by atoms with E-state index in [9.17, 15) is 0 Å². The molecule has 4 aliphatic rings. The van der Waals surface area contributed by atoms with Crippen LogP contribution in [0, 0.1) is 10.8 Å². The minimum Gasteiger partial charge on any atom is -0.380 e. The Labute approximate surface area is 174 Å². The summed E-state index contributed by atoms with van der Waals surface area (Å²) >= 11 is 0. The second-order valence-corrected chi connectivity index (χ2v) is 8.64. The van der Waals surface area contributed by atoms with E-state index >= 15 is 0 Å². The first-order chi connectivity index (χ1) is 14.2. The summed E-state index contributed by atoms with van der Waals surface area (Å²) < 4.78 is 37.0. The van der Waals surface area contributed by atoms with Gasteiger partial charge < -0.3 is 33.2 Å². The van der Waals surface area contributed by atoms with E-state index < -0.39 is 0 Å². The quantitative estimate of drug-likeness (QED) is 0.245. The van der Waals surface area contributed by atoms with Crippen LogP contribution in [0.15, 0.2) is 12.2 Å². The van der Waals surface area contributed by atoms with E-state index in [4.69, 9.17) is 33.2 Å². The molecule has 4 rings (SSSR count). The predicted molar refractivity (Wildman–Crippen MR) is 108 cm³/mol. The molecule has 4 saturated heterocycles. The second kappa shape index (κ2) is 11.7. The molecule has 2 atom stereocenters. The van der Waals surface area contributed by atoms with Crippen LogP contribution >= 0.6 is 0 Å². The third-order valence-electron chi connectivity index (χ3n) is 5.96. The molecular formula is C22H38O7. The van der Waals surface area contributed by atoms with Gasteiger partial charge in [0.2, 0.25) is 0 Å². The highest BCUT2D eigenvalue weighted by Gasteiger charge is 2.40. The SMILES string of the molecule is C(=C\COCC1CO1)/COCC1CO1.CCC1(COCC2(CC)COC2)COC1. The van der Waals surface area contributed by atoms with E-state index in [2.05, 4.69) is 13.8 Å². The lowest BCUT2D eigenvalue weighted by molar-refractivity contribution is -0.187. The molecule has 0 aromatic rings. The lowest BCUT2D eigenvalue weighted by Crippen LogP contribution is -2.49. The predicted octanol–water partition coefficient (Wildman–Crippen LogP) is 2.23. The molecule has 168 valence electrons. The first-order valence-corrected chi connectivity index (χ1v) is 11.0. The van der Waals surface area contributed by atoms with Crippen LogP contribution in [0.25, 0.3) is 0 Å². The van der Waals surface area contributed by atoms with Crippen molar-refractivity contribution in [1.82, 2.24) is 0 Å². The maximum atomic E-state index is 5.87. The van der Waals surface area contributed by atoms with Gasteiger partial charge in [0.05, 0.1) is 79.3 Å². The zero-order valence-electron chi connectivity index (χ0n) is 18.1. The molecule has 7 heteroatoms. The molecule has 4 heterocycles. The van der Waals surface area contributed by atoms with Crippen LogP contribution in [0.2, 0.25) is 0 Å². The van der Waals surface area contributed by atoms with Crippen LogP contribution in [0.5, 0.6) is 0 Å². The van der Waals surface area contributed by atoms with Gasteiger partial charge >= 0.3 is 0 Å². The maximum Gasteiger partial charge on any atom is 0.104 e. The number of rotatable bonds is 14. The zero-order valence-corrected chi connectivity index (χ0v) is 18.1. The highest BCUT2D eigenvalue weighted by Crippen LogP contribution is 2.35. The minimum atomic E-state index is 0.319. The molecule has 0 aromatic heterocycles. The van der Waals surface area contributed by atoms with Crippen LogP contribution in [0.1, 0.15) is 26.7 Å². The van der Waals surface area contributed by atoms with Gasteiger partial charge in [0.25, 0.3) is 0 Å². The average molecular weight is 415 g/mol. The van der Waals surface area contributed by atoms with Crippen molar-refractivity contribution >= 4 is 0 Å². The van der Waals surface area contributed by atoms with Crippen LogP contribution in [0.4, 0.5) is 0 Å². The van der Waals surface area contributed by atoms with Crippen LogP contribution in [0.3, 0.4) is 0 Å². The summed E-state index contributed by atoms with van der Waals surface area (Å²) in [7, 11) is 0. The Kier molecular flexibility index (Phi) is 9.37. The van der Waals surface area contributed by atoms with Gasteiger partial charge in [0.15, 0.2) is 0 Å². The zero-order chi connectivity index (χ0) is 20.4. The van der Waals surface area contributed by atoms with Gasteiger partial charge in [0, 0.05) is 10.8 Å². The van der Waals surface area contributed by atoms with Crippen molar-refractivity contribution in [2.75, 3.05) is 79.3 Å². The molecular weight excluding hydrogens is 376 g/mol. The fourth-order valence-corrected chi connectivity index (χ4v) is 3.04. The lowest BCUT2D eigenvalue weighted by atomic mass is 9.83. The van der Waals surface area contributed by atoms with Gasteiger partial charge in [-0.2, -0.15) is 0 Å². The Morgan fingerprint density at radius 3 is 1.41 bits per heavy atom. The molecule has 4 aliphatic heterocycles. The molecule has 2 unspecified atom stereocenters. The summed E-state index contributed by atoms with van der Waals surface area (Å²) in [4.78, 5) is 0. The molecule has 0 bridgehead atoms. The molecule has 0 spiro atoms. The highest BCUT2D eigenvalue weighted by atomic mass is 16.6. The molecule has 4 fully saturated rings. The lowest BCUT2D eigenvalue weighted by Gasteiger charge is -2.44. The van der Waals surface area contributed by atoms with Crippen LogP contribution in [-0.2, 0) is 33.2 Å². The average Bonchev–Trinajstić information content (AvgIpc) is 3.57. The normalized spacial score (nSPS) is 28.2. The summed E-state index contributed by atoms with van der Waals surface area (Å²) in [5.41, 5.74) is 0.638. The third-order valence-corrected chi connectivity index (χ3v) is 5.96. The van der Waals surface area contributed by atoms with Gasteiger partial charge in [-0.05, 0) is 12.8 Å². The van der Waals surface area contributed by atoms with E-state index in [0.29, 0.717) is 49.5 Å². The van der Waals surface area contributed by atoms with Gasteiger partial charge in [0.1, 0.15) is 12.2 Å². The maximum absolute atomic E-state index is 5.87. The van der Waals surface area contributed by atoms with Crippen molar-refractivity contribution in [2.24, 2.45) is 10.8 Å². The van der Waals surface area contributed by atoms with Gasteiger partial charge in [-0.3, -0.25) is 0 Å². The fourth-order valence-electron chi connectivity index (χ4n) is 3.04. The smallest absolute Gasteiger partial charge is 0.104 e. The minimum absolute atomic E-state index is 0.319. The summed E-state index contributed by atoms with van der Waals surface area (Å²) in [6.45, 7) is 14.0. The molecule has 0 amide bonds. The Bertz CT molecular complexity index is 427. The Balaban J connectivity index is 0.000000166. The summed E-state index contributed by atoms with van der Waals surface area (Å²) in [5.74, 6) is 0. The Morgan fingerprint density at radius 2 is 1.14 bits per heavy atom. The van der Waals surface area contributed by atoms with Gasteiger partial charge in [-0.1, -0.05) is 26.0 Å². The van der Waals surface area contributed by atoms with E-state index in [1.54, 1.807) is 0 Å². The number of hydrogen-bond donors (Lipinski definition) is 0. The van der Waals surface area contributed by atoms with E-state index in [-0.39, 0.29) is 0 Å². The highest BCUT2D eigenvalue weighted by molar-refractivity contribution is 4.87. The van der Waals surface area contributed by atoms with Gasteiger partial charge in [-0.25, -0.2) is 0 Å². The molecule has 0 radical (unpaired) electrons. The number of ether oxygens (including phenoxy) is 7. The van der Waals surface area contributed by atoms with Crippen molar-refractivity contribution in [3.8, 4) is 0 Å². The molecule has 0 aliphatic carbocycles. The monoisotopic (exact) mass is 414 g/mol. The van der Waals surface area contributed by atoms with Crippen molar-refractivity contribution in [2.45, 2.75) is 38.9 Å². The topological polar surface area (TPSA) is 71.2 Å². The number of epoxide rings is 2. The Hall–Kier alpha value is -0.540. The van der Waals surface area contributed by atoms with Crippen molar-refractivity contribution < 1.29 is 33.2 Å². The second-order valence-electron chi connectivity index (χ2n) is 8.64. The van der Waals surface area contributed by atoms with Crippen molar-refractivity contribution in [1.29, 1.82) is 0 Å². The third kappa shape index (κ3) is 8.25. The molecule has 0 N–H and O–H groups in total. The van der Waals surface area contributed by atoms with Crippen molar-refractivity contribution in [3.63, 3.8) is 0 Å². The molecule has 29 heavy (non-hydrogen) atoms. The summed E-state index contributed by atoms with van der Waals surface area (Å²) in [6, 6.07) is 0. The molecule has 0 aromatic carbocycles. The van der Waals surface area contributed by atoms with Gasteiger partial charge in [-0.15, -0.1) is 0 Å². The fraction of sp³-hybridized carbons (Fsp3) is 0.909. The Morgan fingerprint density at radius 1 is 0.724 bits per heavy atom. The van der Waals surface area contributed by atoms with E-state index in [0.717, 1.165) is 65.7 Å². The first-order valence-electron chi connectivity index (χ1n) is 11.0. The molecule has 0 saturated carbocycles. The van der Waals surface area contributed by atoms with Crippen molar-refractivity contribution in [3.05, 3.63) is 12.2 Å². The van der Waals surface area contributed by atoms with E-state index in [1.807, 2.05) is 12.2 Å².